The fourth-order valence-corrected chi connectivity index (χ4v) is 6.76. The van der Waals surface area contributed by atoms with E-state index in [2.05, 4.69) is 11.9 Å². The van der Waals surface area contributed by atoms with E-state index >= 15 is 0 Å². The molecule has 15 heteroatoms. The normalized spacial score (nSPS) is 27.6. The zero-order valence-corrected chi connectivity index (χ0v) is 24.7. The Bertz CT molecular complexity index is 1620. The summed E-state index contributed by atoms with van der Waals surface area (Å²) in [5.74, 6) is -6.38. The number of aliphatic hydroxyl groups is 2. The first kappa shape index (κ1) is 32.0. The minimum absolute atomic E-state index is 0.0128. The van der Waals surface area contributed by atoms with Crippen LogP contribution in [-0.4, -0.2) is 95.7 Å². The van der Waals surface area contributed by atoms with Crippen molar-refractivity contribution in [2.75, 3.05) is 45.0 Å². The molecule has 1 aromatic rings. The average molecular weight is 610 g/mol. The van der Waals surface area contributed by atoms with Gasteiger partial charge in [-0.2, -0.15) is 5.26 Å². The molecule has 234 valence electrons. The van der Waals surface area contributed by atoms with E-state index in [1.165, 1.54) is 25.1 Å². The Morgan fingerprint density at radius 3 is 2.39 bits per heavy atom. The van der Waals surface area contributed by atoms with E-state index < -0.39 is 80.9 Å². The zero-order chi connectivity index (χ0) is 33.1. The first-order chi connectivity index (χ1) is 20.4. The highest BCUT2D eigenvalue weighted by Gasteiger charge is 2.74. The molecule has 3 aliphatic rings. The van der Waals surface area contributed by atoms with Crippen molar-refractivity contribution in [2.24, 2.45) is 22.6 Å². The van der Waals surface area contributed by atoms with Gasteiger partial charge in [0.2, 0.25) is 0 Å². The molecule has 0 spiro atoms. The predicted molar refractivity (Wildman–Crippen MR) is 158 cm³/mol. The standard InChI is InChI=1S/C29H35N7O8/c1-6-7-8-44-26(43)34-14-9-15(35(2)3)13-10-27(32)11-29(33)22(36(4)5)21(39)17(25(31)42)23(40)28(29,12-30)24(41)18(27)20(38)16(13)19(14)37/h6,9,22,37-38,40H,1,7-8,10-11,32-33H2,2-5H3,(H2,31,42)(H,34,43)/t22-,27-,28+,29-/m1/s1. The summed E-state index contributed by atoms with van der Waals surface area (Å²) in [5.41, 5.74) is 11.0. The highest BCUT2D eigenvalue weighted by Crippen LogP contribution is 2.59. The number of Topliss-reactive ketones (excluding diaryl/α,β-unsaturated/α-hetero) is 2. The summed E-state index contributed by atoms with van der Waals surface area (Å²) in [6.07, 6.45) is 0.267. The Labute approximate surface area is 252 Å². The maximum atomic E-state index is 14.5. The number of carbonyl (C=O) groups excluding carboxylic acids is 4. The van der Waals surface area contributed by atoms with Crippen molar-refractivity contribution < 1.29 is 39.2 Å². The summed E-state index contributed by atoms with van der Waals surface area (Å²) in [7, 11) is 6.19. The second-order valence-electron chi connectivity index (χ2n) is 11.7. The van der Waals surface area contributed by atoms with Crippen LogP contribution in [0.15, 0.2) is 35.6 Å². The van der Waals surface area contributed by atoms with Crippen LogP contribution in [-0.2, 0) is 25.5 Å². The number of ether oxygens (including phenoxy) is 1. The van der Waals surface area contributed by atoms with Gasteiger partial charge >= 0.3 is 6.09 Å². The Morgan fingerprint density at radius 2 is 1.86 bits per heavy atom. The number of hydrogen-bond donors (Lipinski definition) is 7. The number of nitrogens with two attached hydrogens (primary N) is 3. The van der Waals surface area contributed by atoms with E-state index in [1.54, 1.807) is 31.1 Å². The second kappa shape index (κ2) is 10.7. The lowest BCUT2D eigenvalue weighted by atomic mass is 9.47. The summed E-state index contributed by atoms with van der Waals surface area (Å²) < 4.78 is 5.06. The lowest BCUT2D eigenvalue weighted by Gasteiger charge is -2.58. The molecule has 1 aromatic carbocycles. The number of nitrogens with zero attached hydrogens (tertiary/aromatic N) is 3. The van der Waals surface area contributed by atoms with Gasteiger partial charge in [-0.25, -0.2) is 4.79 Å². The molecular weight excluding hydrogens is 574 g/mol. The number of carbonyl (C=O) groups is 4. The molecule has 4 rings (SSSR count). The number of phenolic OH excluding ortho intramolecular Hbond substituents is 1. The summed E-state index contributed by atoms with van der Waals surface area (Å²) >= 11 is 0. The fourth-order valence-electron chi connectivity index (χ4n) is 6.76. The smallest absolute Gasteiger partial charge is 0.411 e. The Hall–Kier alpha value is -4.91. The second-order valence-corrected chi connectivity index (χ2v) is 11.7. The first-order valence-electron chi connectivity index (χ1n) is 13.5. The van der Waals surface area contributed by atoms with Gasteiger partial charge in [-0.15, -0.1) is 6.58 Å². The van der Waals surface area contributed by atoms with Crippen LogP contribution in [0.25, 0.3) is 5.76 Å². The molecule has 15 nitrogen and oxygen atoms in total. The highest BCUT2D eigenvalue weighted by atomic mass is 16.5. The third-order valence-corrected chi connectivity index (χ3v) is 8.50. The number of ketones is 2. The maximum Gasteiger partial charge on any atom is 0.411 e. The number of benzene rings is 1. The van der Waals surface area contributed by atoms with Gasteiger partial charge in [-0.3, -0.25) is 24.6 Å². The SMILES string of the molecule is C=CCCOC(=O)Nc1cc(N(C)C)c2c(c1O)C(O)=C1C(=O)[C@]3(C#N)C(O)=C(C(N)=O)C(=O)[C@@H](N(C)C)[C@]3(N)C[C@]1(N)C2. The molecule has 1 fully saturated rings. The molecule has 0 radical (unpaired) electrons. The van der Waals surface area contributed by atoms with Crippen molar-refractivity contribution in [3.8, 4) is 11.8 Å². The van der Waals surface area contributed by atoms with Crippen molar-refractivity contribution in [1.29, 1.82) is 5.26 Å². The molecular formula is C29H35N7O8. The fraction of sp³-hybridized carbons (Fsp3) is 0.414. The molecule has 44 heavy (non-hydrogen) atoms. The van der Waals surface area contributed by atoms with Gasteiger partial charge < -0.3 is 42.2 Å². The number of likely N-dealkylation sites (N-methyl/N-ethyl adjacent to an activating group) is 1. The summed E-state index contributed by atoms with van der Waals surface area (Å²) in [6, 6.07) is 1.64. The highest BCUT2D eigenvalue weighted by molar-refractivity contribution is 6.25. The third-order valence-electron chi connectivity index (χ3n) is 8.50. The quantitative estimate of drug-likeness (QED) is 0.0937. The minimum atomic E-state index is -2.78. The van der Waals surface area contributed by atoms with Gasteiger partial charge in [-0.05, 0) is 45.0 Å². The lowest BCUT2D eigenvalue weighted by Crippen LogP contribution is -2.80. The van der Waals surface area contributed by atoms with Gasteiger partial charge in [0, 0.05) is 19.8 Å². The Morgan fingerprint density at radius 1 is 1.23 bits per heavy atom. The van der Waals surface area contributed by atoms with Gasteiger partial charge in [0.1, 0.15) is 17.1 Å². The van der Waals surface area contributed by atoms with Crippen molar-refractivity contribution in [2.45, 2.75) is 36.4 Å². The van der Waals surface area contributed by atoms with E-state index in [0.29, 0.717) is 12.1 Å². The Balaban J connectivity index is 2.03. The number of aliphatic hydroxyl groups excluding tert-OH is 2. The molecule has 10 N–H and O–H groups in total. The van der Waals surface area contributed by atoms with Crippen molar-refractivity contribution >= 4 is 40.7 Å². The average Bonchev–Trinajstić information content (AvgIpc) is 2.89. The molecule has 0 aromatic heterocycles. The van der Waals surface area contributed by atoms with Crippen LogP contribution in [0.3, 0.4) is 0 Å². The van der Waals surface area contributed by atoms with Gasteiger partial charge in [0.15, 0.2) is 22.7 Å². The molecule has 0 aliphatic heterocycles. The number of fused-ring (bicyclic) bond motifs is 3. The number of hydrogen-bond acceptors (Lipinski definition) is 13. The molecule has 3 aliphatic carbocycles. The molecule has 0 heterocycles. The Kier molecular flexibility index (Phi) is 7.76. The van der Waals surface area contributed by atoms with Gasteiger partial charge in [0.05, 0.1) is 46.6 Å². The minimum Gasteiger partial charge on any atom is -0.509 e. The van der Waals surface area contributed by atoms with E-state index in [9.17, 15) is 39.8 Å². The molecule has 1 saturated carbocycles. The topological polar surface area (TPSA) is 259 Å². The zero-order valence-electron chi connectivity index (χ0n) is 24.7. The summed E-state index contributed by atoms with van der Waals surface area (Å²) in [6.45, 7) is 3.56. The van der Waals surface area contributed by atoms with E-state index in [1.807, 2.05) is 0 Å². The number of rotatable bonds is 7. The van der Waals surface area contributed by atoms with Crippen LogP contribution in [0.2, 0.25) is 0 Å². The molecule has 0 unspecified atom stereocenters. The van der Waals surface area contributed by atoms with Gasteiger partial charge in [-0.1, -0.05) is 6.08 Å². The maximum absolute atomic E-state index is 14.5. The van der Waals surface area contributed by atoms with Crippen molar-refractivity contribution in [3.05, 3.63) is 46.8 Å². The number of aromatic hydroxyl groups is 1. The van der Waals surface area contributed by atoms with E-state index in [4.69, 9.17) is 21.9 Å². The largest absolute Gasteiger partial charge is 0.509 e. The monoisotopic (exact) mass is 609 g/mol. The summed E-state index contributed by atoms with van der Waals surface area (Å²) in [5, 5.41) is 47.3. The number of anilines is 2. The number of primary amides is 1. The van der Waals surface area contributed by atoms with Crippen molar-refractivity contribution in [1.82, 2.24) is 4.90 Å². The van der Waals surface area contributed by atoms with Gasteiger partial charge in [0.25, 0.3) is 5.91 Å². The summed E-state index contributed by atoms with van der Waals surface area (Å²) in [4.78, 5) is 55.7. The molecule has 2 amide bonds. The number of nitrogens with one attached hydrogen (secondary N) is 1. The third kappa shape index (κ3) is 4.21. The van der Waals surface area contributed by atoms with E-state index in [0.717, 1.165) is 0 Å². The van der Waals surface area contributed by atoms with E-state index in [-0.39, 0.29) is 29.8 Å². The van der Waals surface area contributed by atoms with Crippen LogP contribution >= 0.6 is 0 Å². The van der Waals surface area contributed by atoms with Crippen LogP contribution in [0.4, 0.5) is 16.2 Å². The molecule has 0 saturated heterocycles. The van der Waals surface area contributed by atoms with Crippen LogP contribution < -0.4 is 27.4 Å². The van der Waals surface area contributed by atoms with Crippen LogP contribution in [0, 0.1) is 16.7 Å². The van der Waals surface area contributed by atoms with Crippen molar-refractivity contribution in [3.63, 3.8) is 0 Å². The number of nitriles is 1. The van der Waals surface area contributed by atoms with Crippen LogP contribution in [0.1, 0.15) is 24.0 Å². The predicted octanol–water partition coefficient (Wildman–Crippen LogP) is 0.0961. The molecule has 0 bridgehead atoms. The first-order valence-corrected chi connectivity index (χ1v) is 13.5. The number of amides is 2. The molecule has 4 atom stereocenters. The van der Waals surface area contributed by atoms with Crippen LogP contribution in [0.5, 0.6) is 5.75 Å². The lowest BCUT2D eigenvalue weighted by molar-refractivity contribution is -0.139. The number of phenols is 1.